The van der Waals surface area contributed by atoms with E-state index in [0.717, 1.165) is 17.7 Å². The Morgan fingerprint density at radius 3 is 2.45 bits per heavy atom. The van der Waals surface area contributed by atoms with Crippen molar-refractivity contribution in [1.29, 1.82) is 0 Å². The minimum atomic E-state index is -1.25. The molecule has 0 fully saturated rings. The molecule has 0 amide bonds. The third-order valence-corrected chi connectivity index (χ3v) is 3.40. The molecule has 2 nitrogen and oxygen atoms in total. The Hall–Kier alpha value is -1.46. The summed E-state index contributed by atoms with van der Waals surface area (Å²) in [6, 6.07) is 9.27. The summed E-state index contributed by atoms with van der Waals surface area (Å²) in [5, 5.41) is 10.1. The number of aliphatic hydroxyl groups is 1. The molecule has 2 aromatic carbocycles. The predicted molar refractivity (Wildman–Crippen MR) is 75.7 cm³/mol. The van der Waals surface area contributed by atoms with Crippen LogP contribution in [0.1, 0.15) is 17.2 Å². The first-order chi connectivity index (χ1) is 9.51. The molecule has 0 heterocycles. The second-order valence-corrected chi connectivity index (χ2v) is 5.27. The van der Waals surface area contributed by atoms with Crippen molar-refractivity contribution in [3.8, 4) is 5.75 Å². The largest absolute Gasteiger partial charge is 0.497 e. The highest BCUT2D eigenvalue weighted by atomic mass is 79.9. The van der Waals surface area contributed by atoms with Gasteiger partial charge < -0.3 is 9.84 Å². The van der Waals surface area contributed by atoms with E-state index in [1.807, 2.05) is 0 Å². The molecule has 0 spiro atoms. The summed E-state index contributed by atoms with van der Waals surface area (Å²) in [7, 11) is 1.53. The summed E-state index contributed by atoms with van der Waals surface area (Å²) in [6.45, 7) is 0. The van der Waals surface area contributed by atoms with E-state index in [1.165, 1.54) is 7.11 Å². The van der Waals surface area contributed by atoms with E-state index in [9.17, 15) is 13.9 Å². The molecule has 0 saturated carbocycles. The summed E-state index contributed by atoms with van der Waals surface area (Å²) < 4.78 is 32.9. The molecule has 0 aliphatic heterocycles. The van der Waals surface area contributed by atoms with Gasteiger partial charge in [0.05, 0.1) is 18.8 Å². The van der Waals surface area contributed by atoms with Crippen LogP contribution in [0.3, 0.4) is 0 Å². The van der Waals surface area contributed by atoms with Crippen LogP contribution in [0.15, 0.2) is 40.9 Å². The lowest BCUT2D eigenvalue weighted by Crippen LogP contribution is -2.07. The van der Waals surface area contributed by atoms with Gasteiger partial charge in [-0.25, -0.2) is 8.78 Å². The van der Waals surface area contributed by atoms with Gasteiger partial charge in [-0.05, 0) is 29.8 Å². The molecule has 1 N–H and O–H groups in total. The van der Waals surface area contributed by atoms with Gasteiger partial charge in [-0.2, -0.15) is 0 Å². The van der Waals surface area contributed by atoms with Gasteiger partial charge >= 0.3 is 0 Å². The lowest BCUT2D eigenvalue weighted by molar-refractivity contribution is 0.168. The Balaban J connectivity index is 2.26. The van der Waals surface area contributed by atoms with Crippen molar-refractivity contribution >= 4 is 15.9 Å². The number of aliphatic hydroxyl groups excluding tert-OH is 1. The molecule has 0 saturated heterocycles. The smallest absolute Gasteiger partial charge is 0.133 e. The van der Waals surface area contributed by atoms with Crippen LogP contribution in [0.5, 0.6) is 5.75 Å². The third-order valence-electron chi connectivity index (χ3n) is 2.94. The highest BCUT2D eigenvalue weighted by Gasteiger charge is 2.19. The molecule has 20 heavy (non-hydrogen) atoms. The number of halogens is 3. The van der Waals surface area contributed by atoms with Crippen molar-refractivity contribution in [2.75, 3.05) is 7.11 Å². The number of ether oxygens (including phenoxy) is 1. The quantitative estimate of drug-likeness (QED) is 0.909. The van der Waals surface area contributed by atoms with Crippen LogP contribution in [-0.4, -0.2) is 12.2 Å². The molecule has 0 radical (unpaired) electrons. The van der Waals surface area contributed by atoms with Gasteiger partial charge in [0, 0.05) is 10.9 Å². The Bertz CT molecular complexity index is 594. The number of hydrogen-bond donors (Lipinski definition) is 1. The normalized spacial score (nSPS) is 12.2. The van der Waals surface area contributed by atoms with Crippen LogP contribution in [0.2, 0.25) is 0 Å². The maximum atomic E-state index is 13.8. The van der Waals surface area contributed by atoms with E-state index in [2.05, 4.69) is 15.9 Å². The van der Waals surface area contributed by atoms with Gasteiger partial charge in [0.2, 0.25) is 0 Å². The fourth-order valence-electron chi connectivity index (χ4n) is 2.00. The minimum absolute atomic E-state index is 0.104. The van der Waals surface area contributed by atoms with Gasteiger partial charge in [-0.15, -0.1) is 0 Å². The fraction of sp³-hybridized carbons (Fsp3) is 0.200. The van der Waals surface area contributed by atoms with Gasteiger partial charge in [-0.1, -0.05) is 28.1 Å². The first kappa shape index (κ1) is 14.9. The SMILES string of the molecule is COc1cccc(CC(O)c2c(F)cc(Br)cc2F)c1. The van der Waals surface area contributed by atoms with E-state index in [0.29, 0.717) is 10.2 Å². The zero-order valence-corrected chi connectivity index (χ0v) is 12.3. The molecular weight excluding hydrogens is 330 g/mol. The number of hydrogen-bond acceptors (Lipinski definition) is 2. The lowest BCUT2D eigenvalue weighted by atomic mass is 10.0. The average molecular weight is 343 g/mol. The number of rotatable bonds is 4. The zero-order valence-electron chi connectivity index (χ0n) is 10.7. The van der Waals surface area contributed by atoms with Gasteiger partial charge in [0.15, 0.2) is 0 Å². The second-order valence-electron chi connectivity index (χ2n) is 4.35. The molecule has 0 aliphatic rings. The third kappa shape index (κ3) is 3.35. The molecule has 0 bridgehead atoms. The summed E-state index contributed by atoms with van der Waals surface area (Å²) >= 11 is 3.00. The van der Waals surface area contributed by atoms with Crippen molar-refractivity contribution in [3.05, 3.63) is 63.6 Å². The van der Waals surface area contributed by atoms with Crippen molar-refractivity contribution in [1.82, 2.24) is 0 Å². The maximum Gasteiger partial charge on any atom is 0.133 e. The predicted octanol–water partition coefficient (Wildman–Crippen LogP) is 4.01. The molecule has 5 heteroatoms. The lowest BCUT2D eigenvalue weighted by Gasteiger charge is -2.14. The van der Waals surface area contributed by atoms with Crippen molar-refractivity contribution in [2.24, 2.45) is 0 Å². The van der Waals surface area contributed by atoms with Crippen LogP contribution < -0.4 is 4.74 Å². The van der Waals surface area contributed by atoms with Gasteiger partial charge in [0.1, 0.15) is 17.4 Å². The number of methoxy groups -OCH3 is 1. The van der Waals surface area contributed by atoms with Crippen molar-refractivity contribution in [2.45, 2.75) is 12.5 Å². The molecule has 1 atom stereocenters. The van der Waals surface area contributed by atoms with Crippen LogP contribution in [-0.2, 0) is 6.42 Å². The molecule has 1 unspecified atom stereocenters. The Labute approximate surface area is 124 Å². The van der Waals surface area contributed by atoms with Gasteiger partial charge in [-0.3, -0.25) is 0 Å². The van der Waals surface area contributed by atoms with E-state index < -0.39 is 17.7 Å². The summed E-state index contributed by atoms with van der Waals surface area (Å²) in [4.78, 5) is 0. The highest BCUT2D eigenvalue weighted by molar-refractivity contribution is 9.10. The Morgan fingerprint density at radius 2 is 1.85 bits per heavy atom. The topological polar surface area (TPSA) is 29.5 Å². The highest BCUT2D eigenvalue weighted by Crippen LogP contribution is 2.27. The van der Waals surface area contributed by atoms with E-state index in [1.54, 1.807) is 24.3 Å². The summed E-state index contributed by atoms with van der Waals surface area (Å²) in [6.07, 6.45) is -1.15. The summed E-state index contributed by atoms with van der Waals surface area (Å²) in [5.74, 6) is -0.911. The van der Waals surface area contributed by atoms with Crippen LogP contribution in [0, 0.1) is 11.6 Å². The molecular formula is C15H13BrF2O2. The Morgan fingerprint density at radius 1 is 1.20 bits per heavy atom. The first-order valence-corrected chi connectivity index (χ1v) is 6.76. The Kier molecular flexibility index (Phi) is 4.73. The second kappa shape index (κ2) is 6.33. The van der Waals surface area contributed by atoms with Crippen LogP contribution in [0.4, 0.5) is 8.78 Å². The molecule has 106 valence electrons. The van der Waals surface area contributed by atoms with E-state index >= 15 is 0 Å². The molecule has 2 aromatic rings. The summed E-state index contributed by atoms with van der Waals surface area (Å²) in [5.41, 5.74) is 0.412. The van der Waals surface area contributed by atoms with Crippen molar-refractivity contribution < 1.29 is 18.6 Å². The van der Waals surface area contributed by atoms with Crippen LogP contribution >= 0.6 is 15.9 Å². The van der Waals surface area contributed by atoms with Gasteiger partial charge in [0.25, 0.3) is 0 Å². The molecule has 2 rings (SSSR count). The van der Waals surface area contributed by atoms with Crippen LogP contribution in [0.25, 0.3) is 0 Å². The molecule has 0 aliphatic carbocycles. The zero-order chi connectivity index (χ0) is 14.7. The maximum absolute atomic E-state index is 13.8. The standard InChI is InChI=1S/C15H13BrF2O2/c1-20-11-4-2-3-9(5-11)6-14(19)15-12(17)7-10(16)8-13(15)18/h2-5,7-8,14,19H,6H2,1H3. The van der Waals surface area contributed by atoms with Crippen molar-refractivity contribution in [3.63, 3.8) is 0 Å². The first-order valence-electron chi connectivity index (χ1n) is 5.96. The van der Waals surface area contributed by atoms with E-state index in [-0.39, 0.29) is 12.0 Å². The monoisotopic (exact) mass is 342 g/mol. The minimum Gasteiger partial charge on any atom is -0.497 e. The fourth-order valence-corrected chi connectivity index (χ4v) is 2.40. The van der Waals surface area contributed by atoms with E-state index in [4.69, 9.17) is 4.74 Å². The molecule has 0 aromatic heterocycles. The number of benzene rings is 2. The average Bonchev–Trinajstić information content (AvgIpc) is 2.37.